The highest BCUT2D eigenvalue weighted by atomic mass is 32.2. The molecule has 0 radical (unpaired) electrons. The third-order valence-corrected chi connectivity index (χ3v) is 7.35. The van der Waals surface area contributed by atoms with Gasteiger partial charge in [0, 0.05) is 24.5 Å². The molecule has 1 saturated heterocycles. The van der Waals surface area contributed by atoms with E-state index in [9.17, 15) is 9.00 Å². The molecule has 2 heterocycles. The van der Waals surface area contributed by atoms with Crippen LogP contribution in [0.15, 0.2) is 12.1 Å². The number of fused-ring (bicyclic) bond motifs is 1. The van der Waals surface area contributed by atoms with E-state index in [0.29, 0.717) is 13.1 Å². The Balaban J connectivity index is 1.82. The number of hydrogen-bond donors (Lipinski definition) is 1. The Kier molecular flexibility index (Phi) is 5.86. The molecule has 1 aromatic heterocycles. The summed E-state index contributed by atoms with van der Waals surface area (Å²) in [6, 6.07) is 4.14. The van der Waals surface area contributed by atoms with Gasteiger partial charge in [-0.1, -0.05) is 6.07 Å². The van der Waals surface area contributed by atoms with Crippen LogP contribution in [0.1, 0.15) is 77.4 Å². The van der Waals surface area contributed by atoms with E-state index >= 15 is 0 Å². The van der Waals surface area contributed by atoms with Crippen LogP contribution >= 0.6 is 0 Å². The van der Waals surface area contributed by atoms with Crippen LogP contribution in [0.3, 0.4) is 0 Å². The molecule has 1 N–H and O–H groups in total. The molecule has 3 rings (SSSR count). The van der Waals surface area contributed by atoms with Gasteiger partial charge in [-0.2, -0.15) is 0 Å². The second-order valence-corrected chi connectivity index (χ2v) is 12.4. The molecule has 0 bridgehead atoms. The maximum Gasteiger partial charge on any atom is 0.410 e. The smallest absolute Gasteiger partial charge is 0.410 e. The number of likely N-dealkylation sites (tertiary alicyclic amines) is 1. The molecule has 2 aliphatic rings. The number of carbonyl (C=O) groups excluding carboxylic acids is 1. The van der Waals surface area contributed by atoms with Crippen molar-refractivity contribution in [3.8, 4) is 0 Å². The molecule has 29 heavy (non-hydrogen) atoms. The summed E-state index contributed by atoms with van der Waals surface area (Å²) in [4.78, 5) is 19.1. The molecular weight excluding hydrogens is 386 g/mol. The van der Waals surface area contributed by atoms with Crippen molar-refractivity contribution in [2.75, 3.05) is 13.1 Å². The van der Waals surface area contributed by atoms with Gasteiger partial charge >= 0.3 is 6.09 Å². The topological polar surface area (TPSA) is 71.5 Å². The summed E-state index contributed by atoms with van der Waals surface area (Å²) in [5, 5.41) is 0. The van der Waals surface area contributed by atoms with Gasteiger partial charge in [0.25, 0.3) is 0 Å². The van der Waals surface area contributed by atoms with Crippen LogP contribution in [-0.4, -0.2) is 43.6 Å². The first-order valence-electron chi connectivity index (χ1n) is 10.4. The van der Waals surface area contributed by atoms with Crippen LogP contribution in [0.25, 0.3) is 0 Å². The monoisotopic (exact) mass is 421 g/mol. The minimum atomic E-state index is -1.18. The van der Waals surface area contributed by atoms with Crippen molar-refractivity contribution in [1.29, 1.82) is 0 Å². The zero-order valence-electron chi connectivity index (χ0n) is 18.8. The number of ether oxygens (including phenoxy) is 1. The van der Waals surface area contributed by atoms with E-state index in [0.717, 1.165) is 36.2 Å². The van der Waals surface area contributed by atoms with Crippen molar-refractivity contribution in [3.63, 3.8) is 0 Å². The number of rotatable bonds is 2. The second-order valence-electron chi connectivity index (χ2n) is 10.4. The standard InChI is InChI=1S/C22H35N3O3S/c1-15-8-9-16-17(23-15)14-22(18(16)24-29(27)21(5,6)7)10-12-25(13-11-22)19(26)28-20(2,3)4/h8-9,18,24H,10-14H2,1-7H3/t18-,29+/m0/s1. The second kappa shape index (κ2) is 7.65. The first kappa shape index (κ1) is 22.2. The van der Waals surface area contributed by atoms with Gasteiger partial charge in [-0.05, 0) is 84.8 Å². The van der Waals surface area contributed by atoms with E-state index in [1.807, 2.05) is 54.5 Å². The normalized spacial score (nSPS) is 22.4. The Labute approximate surface area is 177 Å². The first-order chi connectivity index (χ1) is 13.3. The number of pyridine rings is 1. The molecular formula is C22H35N3O3S. The number of aryl methyl sites for hydroxylation is 1. The fraction of sp³-hybridized carbons (Fsp3) is 0.727. The summed E-state index contributed by atoms with van der Waals surface area (Å²) in [6.45, 7) is 14.9. The first-order valence-corrected chi connectivity index (χ1v) is 11.6. The third-order valence-electron chi connectivity index (χ3n) is 5.78. The maximum atomic E-state index is 12.9. The van der Waals surface area contributed by atoms with Gasteiger partial charge in [-0.25, -0.2) is 13.7 Å². The molecule has 0 aromatic carbocycles. The molecule has 1 spiro atoms. The number of piperidine rings is 1. The molecule has 1 aliphatic heterocycles. The molecule has 1 aliphatic carbocycles. The number of carbonyl (C=O) groups is 1. The van der Waals surface area contributed by atoms with Crippen molar-refractivity contribution in [3.05, 3.63) is 29.1 Å². The van der Waals surface area contributed by atoms with Crippen LogP contribution in [0.4, 0.5) is 4.79 Å². The number of nitrogens with one attached hydrogen (secondary N) is 1. The van der Waals surface area contributed by atoms with Gasteiger partial charge < -0.3 is 9.64 Å². The van der Waals surface area contributed by atoms with Gasteiger partial charge in [0.1, 0.15) is 5.60 Å². The molecule has 162 valence electrons. The number of hydrogen-bond acceptors (Lipinski definition) is 4. The molecule has 1 amide bonds. The molecule has 1 fully saturated rings. The van der Waals surface area contributed by atoms with Crippen LogP contribution < -0.4 is 4.72 Å². The summed E-state index contributed by atoms with van der Waals surface area (Å²) in [5.74, 6) is 0. The minimum Gasteiger partial charge on any atom is -0.444 e. The predicted molar refractivity (Wildman–Crippen MR) is 116 cm³/mol. The number of aromatic nitrogens is 1. The van der Waals surface area contributed by atoms with Crippen molar-refractivity contribution in [2.45, 2.75) is 84.1 Å². The average Bonchev–Trinajstić information content (AvgIpc) is 2.85. The summed E-state index contributed by atoms with van der Waals surface area (Å²) in [7, 11) is -1.18. The van der Waals surface area contributed by atoms with E-state index < -0.39 is 16.6 Å². The summed E-state index contributed by atoms with van der Waals surface area (Å²) in [5.41, 5.74) is 2.67. The van der Waals surface area contributed by atoms with Gasteiger partial charge in [-0.3, -0.25) is 4.98 Å². The van der Waals surface area contributed by atoms with E-state index in [-0.39, 0.29) is 22.3 Å². The van der Waals surface area contributed by atoms with E-state index in [4.69, 9.17) is 9.72 Å². The Morgan fingerprint density at radius 1 is 1.21 bits per heavy atom. The molecule has 2 atom stereocenters. The highest BCUT2D eigenvalue weighted by Gasteiger charge is 2.50. The lowest BCUT2D eigenvalue weighted by molar-refractivity contribution is 0.00719. The highest BCUT2D eigenvalue weighted by molar-refractivity contribution is 7.84. The summed E-state index contributed by atoms with van der Waals surface area (Å²) < 4.78 is 21.6. The quantitative estimate of drug-likeness (QED) is 0.782. The van der Waals surface area contributed by atoms with Crippen LogP contribution in [-0.2, 0) is 22.1 Å². The largest absolute Gasteiger partial charge is 0.444 e. The predicted octanol–water partition coefficient (Wildman–Crippen LogP) is 4.06. The lowest BCUT2D eigenvalue weighted by Crippen LogP contribution is -2.49. The fourth-order valence-electron chi connectivity index (χ4n) is 4.19. The summed E-state index contributed by atoms with van der Waals surface area (Å²) >= 11 is 0. The van der Waals surface area contributed by atoms with E-state index in [1.54, 1.807) is 4.90 Å². The van der Waals surface area contributed by atoms with Gasteiger partial charge in [0.15, 0.2) is 0 Å². The molecule has 0 saturated carbocycles. The zero-order valence-corrected chi connectivity index (χ0v) is 19.6. The van der Waals surface area contributed by atoms with Crippen molar-refractivity contribution in [1.82, 2.24) is 14.6 Å². The van der Waals surface area contributed by atoms with Crippen LogP contribution in [0.5, 0.6) is 0 Å². The molecule has 1 aromatic rings. The SMILES string of the molecule is Cc1ccc2c(n1)CC1(CCN(C(=O)OC(C)(C)C)CC1)[C@H]2N[S@](=O)C(C)(C)C. The lowest BCUT2D eigenvalue weighted by Gasteiger charge is -2.43. The zero-order chi connectivity index (χ0) is 21.6. The Morgan fingerprint density at radius 2 is 1.83 bits per heavy atom. The fourth-order valence-corrected chi connectivity index (χ4v) is 5.13. The van der Waals surface area contributed by atoms with Crippen molar-refractivity contribution < 1.29 is 13.7 Å². The Hall–Kier alpha value is -1.47. The number of amides is 1. The van der Waals surface area contributed by atoms with Gasteiger partial charge in [0.2, 0.25) is 0 Å². The van der Waals surface area contributed by atoms with Crippen LogP contribution in [0, 0.1) is 12.3 Å². The molecule has 7 heteroatoms. The molecule has 6 nitrogen and oxygen atoms in total. The summed E-state index contributed by atoms with van der Waals surface area (Å²) in [6.07, 6.45) is 2.27. The van der Waals surface area contributed by atoms with Crippen molar-refractivity contribution in [2.24, 2.45) is 5.41 Å². The average molecular weight is 422 g/mol. The van der Waals surface area contributed by atoms with Gasteiger partial charge in [-0.15, -0.1) is 0 Å². The maximum absolute atomic E-state index is 12.9. The minimum absolute atomic E-state index is 0.0218. The Bertz CT molecular complexity index is 803. The van der Waals surface area contributed by atoms with E-state index in [2.05, 4.69) is 10.8 Å². The third kappa shape index (κ3) is 4.82. The van der Waals surface area contributed by atoms with Crippen molar-refractivity contribution >= 4 is 17.1 Å². The van der Waals surface area contributed by atoms with Crippen LogP contribution in [0.2, 0.25) is 0 Å². The van der Waals surface area contributed by atoms with Gasteiger partial charge in [0.05, 0.1) is 21.8 Å². The highest BCUT2D eigenvalue weighted by Crippen LogP contribution is 2.52. The lowest BCUT2D eigenvalue weighted by atomic mass is 9.73. The molecule has 0 unspecified atom stereocenters. The Morgan fingerprint density at radius 3 is 2.38 bits per heavy atom. The number of nitrogens with zero attached hydrogens (tertiary/aromatic N) is 2. The van der Waals surface area contributed by atoms with E-state index in [1.165, 1.54) is 0 Å².